The highest BCUT2D eigenvalue weighted by molar-refractivity contribution is 8.00. The van der Waals surface area contributed by atoms with Gasteiger partial charge < -0.3 is 15.5 Å². The molecule has 1 aromatic carbocycles. The second-order valence-electron chi connectivity index (χ2n) is 9.19. The van der Waals surface area contributed by atoms with Crippen LogP contribution < -0.4 is 15.5 Å². The Bertz CT molecular complexity index is 1250. The van der Waals surface area contributed by atoms with Gasteiger partial charge in [-0.1, -0.05) is 32.5 Å². The first-order valence-corrected chi connectivity index (χ1v) is 13.5. The molecule has 1 saturated heterocycles. The van der Waals surface area contributed by atoms with Gasteiger partial charge in [-0.15, -0.1) is 11.3 Å². The van der Waals surface area contributed by atoms with E-state index in [1.807, 2.05) is 24.0 Å². The van der Waals surface area contributed by atoms with E-state index in [4.69, 9.17) is 9.97 Å². The van der Waals surface area contributed by atoms with Gasteiger partial charge in [-0.05, 0) is 54.5 Å². The van der Waals surface area contributed by atoms with Crippen molar-refractivity contribution < 1.29 is 0 Å². The van der Waals surface area contributed by atoms with Crippen LogP contribution in [0, 0.1) is 5.92 Å². The number of hydrogen-bond donors (Lipinski definition) is 2. The Labute approximate surface area is 209 Å². The number of aromatic nitrogens is 4. The first kappa shape index (κ1) is 23.0. The lowest BCUT2D eigenvalue weighted by atomic mass is 9.99. The monoisotopic (exact) mass is 493 g/mol. The van der Waals surface area contributed by atoms with E-state index in [0.29, 0.717) is 11.2 Å². The Morgan fingerprint density at radius 1 is 1.06 bits per heavy atom. The SMILES string of the molecule is CC1CCN(c2ccc(Nc3nc(Nc4cn(C)nc4SC(C)C)c4sccc4n3)cc2)CC1. The molecule has 9 heteroatoms. The lowest BCUT2D eigenvalue weighted by Gasteiger charge is -2.32. The third-order valence-corrected chi connectivity index (χ3v) is 7.88. The van der Waals surface area contributed by atoms with Crippen molar-refractivity contribution in [2.24, 2.45) is 13.0 Å². The van der Waals surface area contributed by atoms with Crippen LogP contribution in [0.4, 0.5) is 28.8 Å². The largest absolute Gasteiger partial charge is 0.372 e. The Morgan fingerprint density at radius 2 is 1.82 bits per heavy atom. The summed E-state index contributed by atoms with van der Waals surface area (Å²) >= 11 is 3.38. The highest BCUT2D eigenvalue weighted by Crippen LogP contribution is 2.35. The number of nitrogens with one attached hydrogen (secondary N) is 2. The molecule has 0 spiro atoms. The average Bonchev–Trinajstić information content (AvgIpc) is 3.41. The molecule has 0 bridgehead atoms. The van der Waals surface area contributed by atoms with E-state index >= 15 is 0 Å². The summed E-state index contributed by atoms with van der Waals surface area (Å²) in [7, 11) is 1.94. The van der Waals surface area contributed by atoms with Gasteiger partial charge >= 0.3 is 0 Å². The van der Waals surface area contributed by atoms with E-state index in [9.17, 15) is 0 Å². The third-order valence-electron chi connectivity index (χ3n) is 5.97. The van der Waals surface area contributed by atoms with E-state index in [0.717, 1.165) is 51.4 Å². The fourth-order valence-corrected chi connectivity index (χ4v) is 5.78. The molecule has 2 N–H and O–H groups in total. The van der Waals surface area contributed by atoms with Crippen molar-refractivity contribution in [1.29, 1.82) is 0 Å². The molecule has 0 aliphatic carbocycles. The standard InChI is InChI=1S/C25H31N7S2/c1-16(2)34-24-21(15-31(4)30-24)27-23-22-20(11-14-33-22)28-25(29-23)26-18-5-7-19(8-6-18)32-12-9-17(3)10-13-32/h5-8,11,14-17H,9-10,12-13H2,1-4H3,(H2,26,27,28,29). The van der Waals surface area contributed by atoms with Crippen molar-refractivity contribution in [3.8, 4) is 0 Å². The third kappa shape index (κ3) is 5.15. The summed E-state index contributed by atoms with van der Waals surface area (Å²) in [5.74, 6) is 2.20. The molecule has 0 saturated carbocycles. The number of aryl methyl sites for hydroxylation is 1. The quantitative estimate of drug-likeness (QED) is 0.279. The predicted molar refractivity (Wildman–Crippen MR) is 145 cm³/mol. The zero-order valence-electron chi connectivity index (χ0n) is 20.1. The summed E-state index contributed by atoms with van der Waals surface area (Å²) in [5, 5.41) is 15.0. The van der Waals surface area contributed by atoms with Gasteiger partial charge in [0.15, 0.2) is 5.82 Å². The lowest BCUT2D eigenvalue weighted by molar-refractivity contribution is 0.438. The summed E-state index contributed by atoms with van der Waals surface area (Å²) in [5.41, 5.74) is 4.14. The summed E-state index contributed by atoms with van der Waals surface area (Å²) in [6.07, 6.45) is 4.52. The number of nitrogens with zero attached hydrogens (tertiary/aromatic N) is 5. The molecule has 3 aromatic heterocycles. The first-order chi connectivity index (χ1) is 16.4. The molecule has 4 heterocycles. The Hall–Kier alpha value is -2.78. The summed E-state index contributed by atoms with van der Waals surface area (Å²) in [6, 6.07) is 10.6. The highest BCUT2D eigenvalue weighted by atomic mass is 32.2. The van der Waals surface area contributed by atoms with Crippen LogP contribution in [-0.4, -0.2) is 38.1 Å². The number of thioether (sulfide) groups is 1. The smallest absolute Gasteiger partial charge is 0.229 e. The minimum Gasteiger partial charge on any atom is -0.372 e. The van der Waals surface area contributed by atoms with Crippen LogP contribution in [0.2, 0.25) is 0 Å². The van der Waals surface area contributed by atoms with E-state index in [-0.39, 0.29) is 0 Å². The van der Waals surface area contributed by atoms with Gasteiger partial charge in [0, 0.05) is 43.0 Å². The number of piperidine rings is 1. The van der Waals surface area contributed by atoms with Gasteiger partial charge in [-0.25, -0.2) is 4.98 Å². The molecule has 1 aliphatic rings. The maximum absolute atomic E-state index is 4.83. The van der Waals surface area contributed by atoms with Crippen LogP contribution in [0.15, 0.2) is 46.9 Å². The van der Waals surface area contributed by atoms with Crippen molar-refractivity contribution in [1.82, 2.24) is 19.7 Å². The molecule has 1 aliphatic heterocycles. The van der Waals surface area contributed by atoms with Crippen molar-refractivity contribution >= 4 is 62.1 Å². The number of thiophene rings is 1. The molecule has 0 amide bonds. The molecule has 7 nitrogen and oxygen atoms in total. The molecule has 0 radical (unpaired) electrons. The number of rotatable bonds is 7. The first-order valence-electron chi connectivity index (χ1n) is 11.8. The maximum Gasteiger partial charge on any atom is 0.229 e. The number of anilines is 5. The van der Waals surface area contributed by atoms with Crippen molar-refractivity contribution in [2.75, 3.05) is 28.6 Å². The average molecular weight is 494 g/mol. The summed E-state index contributed by atoms with van der Waals surface area (Å²) in [4.78, 5) is 12.0. The van der Waals surface area contributed by atoms with E-state index in [1.165, 1.54) is 18.5 Å². The predicted octanol–water partition coefficient (Wildman–Crippen LogP) is 6.65. The van der Waals surface area contributed by atoms with Gasteiger partial charge in [-0.2, -0.15) is 10.1 Å². The van der Waals surface area contributed by atoms with Gasteiger partial charge in [0.05, 0.1) is 15.9 Å². The zero-order valence-corrected chi connectivity index (χ0v) is 21.7. The molecule has 34 heavy (non-hydrogen) atoms. The minimum absolute atomic E-state index is 0.441. The maximum atomic E-state index is 4.83. The second kappa shape index (κ2) is 9.84. The van der Waals surface area contributed by atoms with Crippen LogP contribution in [-0.2, 0) is 7.05 Å². The fraction of sp³-hybridized carbons (Fsp3) is 0.400. The van der Waals surface area contributed by atoms with Gasteiger partial charge in [0.1, 0.15) is 5.03 Å². The molecule has 4 aromatic rings. The van der Waals surface area contributed by atoms with Crippen LogP contribution in [0.3, 0.4) is 0 Å². The van der Waals surface area contributed by atoms with Gasteiger partial charge in [0.25, 0.3) is 0 Å². The highest BCUT2D eigenvalue weighted by Gasteiger charge is 2.17. The topological polar surface area (TPSA) is 70.9 Å². The van der Waals surface area contributed by atoms with Gasteiger partial charge in [-0.3, -0.25) is 4.68 Å². The van der Waals surface area contributed by atoms with Crippen LogP contribution in [0.5, 0.6) is 0 Å². The summed E-state index contributed by atoms with van der Waals surface area (Å²) in [6.45, 7) is 8.95. The number of fused-ring (bicyclic) bond motifs is 1. The van der Waals surface area contributed by atoms with Crippen LogP contribution >= 0.6 is 23.1 Å². The van der Waals surface area contributed by atoms with E-state index in [2.05, 4.69) is 71.0 Å². The Kier molecular flexibility index (Phi) is 6.65. The lowest BCUT2D eigenvalue weighted by Crippen LogP contribution is -2.32. The van der Waals surface area contributed by atoms with Crippen LogP contribution in [0.1, 0.15) is 33.6 Å². The van der Waals surface area contributed by atoms with Crippen LogP contribution in [0.25, 0.3) is 10.2 Å². The number of benzene rings is 1. The van der Waals surface area contributed by atoms with E-state index < -0.39 is 0 Å². The van der Waals surface area contributed by atoms with Crippen molar-refractivity contribution in [2.45, 2.75) is 43.9 Å². The normalized spacial score (nSPS) is 14.8. The summed E-state index contributed by atoms with van der Waals surface area (Å²) < 4.78 is 2.87. The Morgan fingerprint density at radius 3 is 2.56 bits per heavy atom. The molecule has 178 valence electrons. The molecule has 0 atom stereocenters. The fourth-order valence-electron chi connectivity index (χ4n) is 4.15. The zero-order chi connectivity index (χ0) is 23.7. The van der Waals surface area contributed by atoms with Crippen molar-refractivity contribution in [3.05, 3.63) is 41.9 Å². The number of hydrogen-bond acceptors (Lipinski definition) is 8. The van der Waals surface area contributed by atoms with Crippen molar-refractivity contribution in [3.63, 3.8) is 0 Å². The second-order valence-corrected chi connectivity index (χ2v) is 11.7. The molecular weight excluding hydrogens is 462 g/mol. The molecule has 1 fully saturated rings. The minimum atomic E-state index is 0.441. The van der Waals surface area contributed by atoms with E-state index in [1.54, 1.807) is 23.1 Å². The Balaban J connectivity index is 1.37. The molecule has 5 rings (SSSR count). The molecular formula is C25H31N7S2. The molecule has 0 unspecified atom stereocenters. The van der Waals surface area contributed by atoms with Gasteiger partial charge in [0.2, 0.25) is 5.95 Å².